The van der Waals surface area contributed by atoms with Gasteiger partial charge in [0, 0.05) is 12.5 Å². The van der Waals surface area contributed by atoms with Crippen LogP contribution < -0.4 is 5.32 Å². The molecule has 1 aromatic carbocycles. The molecular weight excluding hydrogens is 190 g/mol. The first-order valence-corrected chi connectivity index (χ1v) is 4.99. The zero-order chi connectivity index (χ0) is 10.7. The van der Waals surface area contributed by atoms with E-state index in [1.165, 1.54) is 0 Å². The van der Waals surface area contributed by atoms with Gasteiger partial charge in [0.25, 0.3) is 0 Å². The summed E-state index contributed by atoms with van der Waals surface area (Å²) in [6.07, 6.45) is 4.85. The zero-order valence-corrected chi connectivity index (χ0v) is 8.31. The fraction of sp³-hybridized carbons (Fsp3) is 0.250. The van der Waals surface area contributed by atoms with E-state index in [1.54, 1.807) is 12.1 Å². The normalized spacial score (nSPS) is 19.6. The molecular formula is C12H13NO2. The van der Waals surface area contributed by atoms with Crippen LogP contribution in [0.3, 0.4) is 0 Å². The molecule has 15 heavy (non-hydrogen) atoms. The highest BCUT2D eigenvalue weighted by molar-refractivity contribution is 5.89. The van der Waals surface area contributed by atoms with Crippen LogP contribution in [-0.2, 0) is 0 Å². The molecule has 3 heteroatoms. The molecule has 0 amide bonds. The molecule has 0 radical (unpaired) electrons. The number of carboxylic acids is 1. The Morgan fingerprint density at radius 2 is 2.20 bits per heavy atom. The van der Waals surface area contributed by atoms with Crippen LogP contribution in [-0.4, -0.2) is 17.6 Å². The minimum Gasteiger partial charge on any atom is -0.478 e. The quantitative estimate of drug-likeness (QED) is 0.772. The summed E-state index contributed by atoms with van der Waals surface area (Å²) in [5.41, 5.74) is 1.33. The number of allylic oxidation sites excluding steroid dienone is 1. The number of rotatable bonds is 2. The molecule has 1 aliphatic heterocycles. The highest BCUT2D eigenvalue weighted by Crippen LogP contribution is 2.24. The van der Waals surface area contributed by atoms with Gasteiger partial charge in [0.1, 0.15) is 0 Å². The van der Waals surface area contributed by atoms with Gasteiger partial charge in [-0.15, -0.1) is 0 Å². The van der Waals surface area contributed by atoms with Crippen molar-refractivity contribution in [1.82, 2.24) is 5.32 Å². The van der Waals surface area contributed by atoms with E-state index in [0.29, 0.717) is 5.56 Å². The number of benzene rings is 1. The second-order valence-corrected chi connectivity index (χ2v) is 3.64. The second kappa shape index (κ2) is 4.17. The molecule has 2 N–H and O–H groups in total. The predicted octanol–water partition coefficient (Wildman–Crippen LogP) is 1.98. The summed E-state index contributed by atoms with van der Waals surface area (Å²) < 4.78 is 0. The predicted molar refractivity (Wildman–Crippen MR) is 57.9 cm³/mol. The Morgan fingerprint density at radius 3 is 2.87 bits per heavy atom. The molecule has 0 aliphatic carbocycles. The molecule has 1 atom stereocenters. The van der Waals surface area contributed by atoms with Gasteiger partial charge in [-0.1, -0.05) is 24.3 Å². The lowest BCUT2D eigenvalue weighted by Gasteiger charge is -2.20. The van der Waals surface area contributed by atoms with Crippen molar-refractivity contribution < 1.29 is 9.90 Å². The first-order valence-electron chi connectivity index (χ1n) is 4.99. The van der Waals surface area contributed by atoms with E-state index in [1.807, 2.05) is 24.4 Å². The average Bonchev–Trinajstić information content (AvgIpc) is 2.30. The van der Waals surface area contributed by atoms with E-state index in [0.717, 1.165) is 18.5 Å². The van der Waals surface area contributed by atoms with E-state index in [9.17, 15) is 4.79 Å². The van der Waals surface area contributed by atoms with Crippen molar-refractivity contribution in [2.24, 2.45) is 0 Å². The fourth-order valence-corrected chi connectivity index (χ4v) is 1.89. The maximum atomic E-state index is 11.0. The van der Waals surface area contributed by atoms with Gasteiger partial charge in [0.15, 0.2) is 0 Å². The third-order valence-corrected chi connectivity index (χ3v) is 2.65. The van der Waals surface area contributed by atoms with E-state index < -0.39 is 5.97 Å². The summed E-state index contributed by atoms with van der Waals surface area (Å²) in [5, 5.41) is 12.2. The Morgan fingerprint density at radius 1 is 1.40 bits per heavy atom. The molecule has 0 spiro atoms. The lowest BCUT2D eigenvalue weighted by atomic mass is 9.90. The molecule has 78 valence electrons. The third-order valence-electron chi connectivity index (χ3n) is 2.65. The molecule has 0 aromatic heterocycles. The van der Waals surface area contributed by atoms with Crippen molar-refractivity contribution in [3.8, 4) is 0 Å². The van der Waals surface area contributed by atoms with Crippen molar-refractivity contribution in [3.05, 3.63) is 47.7 Å². The van der Waals surface area contributed by atoms with E-state index >= 15 is 0 Å². The number of carboxylic acid groups (broad SMARTS) is 1. The van der Waals surface area contributed by atoms with E-state index in [2.05, 4.69) is 5.32 Å². The van der Waals surface area contributed by atoms with Gasteiger partial charge in [-0.2, -0.15) is 0 Å². The van der Waals surface area contributed by atoms with Crippen LogP contribution in [0, 0.1) is 0 Å². The molecule has 0 saturated heterocycles. The topological polar surface area (TPSA) is 49.3 Å². The van der Waals surface area contributed by atoms with Crippen LogP contribution in [0.2, 0.25) is 0 Å². The van der Waals surface area contributed by atoms with Gasteiger partial charge < -0.3 is 10.4 Å². The standard InChI is InChI=1S/C12H13NO2/c14-12(15)11-6-2-1-5-10(11)9-4-3-7-13-8-9/h1-3,5-7,9,13H,4,8H2,(H,14,15). The van der Waals surface area contributed by atoms with Gasteiger partial charge in [-0.05, 0) is 24.3 Å². The van der Waals surface area contributed by atoms with Crippen molar-refractivity contribution in [3.63, 3.8) is 0 Å². The largest absolute Gasteiger partial charge is 0.478 e. The first-order chi connectivity index (χ1) is 7.29. The number of aromatic carboxylic acids is 1. The molecule has 1 unspecified atom stereocenters. The molecule has 1 heterocycles. The maximum absolute atomic E-state index is 11.0. The molecule has 0 bridgehead atoms. The maximum Gasteiger partial charge on any atom is 0.335 e. The molecule has 3 nitrogen and oxygen atoms in total. The summed E-state index contributed by atoms with van der Waals surface area (Å²) in [7, 11) is 0. The van der Waals surface area contributed by atoms with Crippen LogP contribution >= 0.6 is 0 Å². The Balaban J connectivity index is 2.34. The van der Waals surface area contributed by atoms with Gasteiger partial charge in [-0.25, -0.2) is 4.79 Å². The monoisotopic (exact) mass is 203 g/mol. The summed E-state index contributed by atoms with van der Waals surface area (Å²) >= 11 is 0. The molecule has 1 aliphatic rings. The van der Waals surface area contributed by atoms with Gasteiger partial charge in [0.05, 0.1) is 5.56 Å². The summed E-state index contributed by atoms with van der Waals surface area (Å²) in [5.74, 6) is -0.581. The fourth-order valence-electron chi connectivity index (χ4n) is 1.89. The van der Waals surface area contributed by atoms with Crippen molar-refractivity contribution in [1.29, 1.82) is 0 Å². The smallest absolute Gasteiger partial charge is 0.335 e. The van der Waals surface area contributed by atoms with E-state index in [4.69, 9.17) is 5.11 Å². The average molecular weight is 203 g/mol. The first kappa shape index (κ1) is 9.77. The van der Waals surface area contributed by atoms with E-state index in [-0.39, 0.29) is 5.92 Å². The molecule has 2 rings (SSSR count). The van der Waals surface area contributed by atoms with Crippen molar-refractivity contribution in [2.75, 3.05) is 6.54 Å². The lowest BCUT2D eigenvalue weighted by Crippen LogP contribution is -2.21. The number of hydrogen-bond acceptors (Lipinski definition) is 2. The minimum absolute atomic E-state index is 0.266. The van der Waals surface area contributed by atoms with Crippen molar-refractivity contribution >= 4 is 5.97 Å². The summed E-state index contributed by atoms with van der Waals surface area (Å²) in [4.78, 5) is 11.0. The van der Waals surface area contributed by atoms with Gasteiger partial charge >= 0.3 is 5.97 Å². The van der Waals surface area contributed by atoms with Crippen LogP contribution in [0.1, 0.15) is 28.3 Å². The highest BCUT2D eigenvalue weighted by atomic mass is 16.4. The Bertz CT molecular complexity index is 398. The molecule has 0 saturated carbocycles. The summed E-state index contributed by atoms with van der Waals surface area (Å²) in [6, 6.07) is 7.21. The number of nitrogens with one attached hydrogen (secondary N) is 1. The Hall–Kier alpha value is -1.77. The Kier molecular flexibility index (Phi) is 2.72. The van der Waals surface area contributed by atoms with Crippen LogP contribution in [0.4, 0.5) is 0 Å². The third kappa shape index (κ3) is 2.01. The van der Waals surface area contributed by atoms with Gasteiger partial charge in [-0.3, -0.25) is 0 Å². The number of hydrogen-bond donors (Lipinski definition) is 2. The van der Waals surface area contributed by atoms with Gasteiger partial charge in [0.2, 0.25) is 0 Å². The zero-order valence-electron chi connectivity index (χ0n) is 8.31. The SMILES string of the molecule is O=C(O)c1ccccc1C1CC=CNC1. The number of carbonyl (C=O) groups is 1. The molecule has 1 aromatic rings. The van der Waals surface area contributed by atoms with Crippen LogP contribution in [0.5, 0.6) is 0 Å². The summed E-state index contributed by atoms with van der Waals surface area (Å²) in [6.45, 7) is 0.806. The molecule has 0 fully saturated rings. The highest BCUT2D eigenvalue weighted by Gasteiger charge is 2.18. The Labute approximate surface area is 88.4 Å². The lowest BCUT2D eigenvalue weighted by molar-refractivity contribution is 0.0695. The van der Waals surface area contributed by atoms with Crippen molar-refractivity contribution in [2.45, 2.75) is 12.3 Å². The van der Waals surface area contributed by atoms with Crippen LogP contribution in [0.25, 0.3) is 0 Å². The van der Waals surface area contributed by atoms with Crippen LogP contribution in [0.15, 0.2) is 36.5 Å². The second-order valence-electron chi connectivity index (χ2n) is 3.64. The minimum atomic E-state index is -0.847.